The predicted octanol–water partition coefficient (Wildman–Crippen LogP) is 3.21. The molecule has 2 aromatic rings. The molecular formula is C16H20ClF3N6. The molecule has 6 nitrogen and oxygen atoms in total. The maximum Gasteiger partial charge on any atom is 0.417 e. The van der Waals surface area contributed by atoms with Crippen LogP contribution in [0.3, 0.4) is 0 Å². The van der Waals surface area contributed by atoms with Crippen LogP contribution in [0.2, 0.25) is 5.02 Å². The van der Waals surface area contributed by atoms with Crippen molar-refractivity contribution in [3.63, 3.8) is 0 Å². The van der Waals surface area contributed by atoms with Crippen molar-refractivity contribution in [2.24, 2.45) is 10.9 Å². The summed E-state index contributed by atoms with van der Waals surface area (Å²) in [7, 11) is 1.68. The number of hydrogen-bond acceptors (Lipinski definition) is 3. The first-order chi connectivity index (χ1) is 12.3. The third-order valence-corrected chi connectivity index (χ3v) is 4.71. The van der Waals surface area contributed by atoms with Gasteiger partial charge in [0.1, 0.15) is 0 Å². The van der Waals surface area contributed by atoms with Crippen LogP contribution in [0.25, 0.3) is 5.65 Å². The molecule has 1 unspecified atom stereocenters. The summed E-state index contributed by atoms with van der Waals surface area (Å²) in [4.78, 5) is 6.41. The molecule has 0 amide bonds. The minimum atomic E-state index is -4.49. The number of nitrogens with one attached hydrogen (secondary N) is 1. The van der Waals surface area contributed by atoms with Crippen molar-refractivity contribution >= 4 is 23.2 Å². The molecule has 142 valence electrons. The summed E-state index contributed by atoms with van der Waals surface area (Å²) in [5.74, 6) is 1.61. The first-order valence-electron chi connectivity index (χ1n) is 8.35. The molecule has 3 heterocycles. The molecule has 1 atom stereocenters. The Balaban J connectivity index is 1.81. The lowest BCUT2D eigenvalue weighted by molar-refractivity contribution is -0.137. The predicted molar refractivity (Wildman–Crippen MR) is 93.2 cm³/mol. The van der Waals surface area contributed by atoms with Crippen molar-refractivity contribution < 1.29 is 13.2 Å². The van der Waals surface area contributed by atoms with E-state index in [0.29, 0.717) is 17.7 Å². The number of fused-ring (bicyclic) bond motifs is 1. The number of nitrogens with zero attached hydrogens (tertiary/aromatic N) is 5. The van der Waals surface area contributed by atoms with Crippen LogP contribution in [-0.4, -0.2) is 45.6 Å². The van der Waals surface area contributed by atoms with Crippen LogP contribution >= 0.6 is 11.6 Å². The number of guanidine groups is 1. The minimum absolute atomic E-state index is 0.0900. The van der Waals surface area contributed by atoms with E-state index in [9.17, 15) is 13.2 Å². The van der Waals surface area contributed by atoms with E-state index in [1.165, 1.54) is 10.8 Å². The summed E-state index contributed by atoms with van der Waals surface area (Å²) < 4.78 is 40.4. The molecule has 1 aliphatic rings. The molecule has 1 aliphatic heterocycles. The minimum Gasteiger partial charge on any atom is -0.349 e. The van der Waals surface area contributed by atoms with Gasteiger partial charge in [0.05, 0.1) is 17.1 Å². The van der Waals surface area contributed by atoms with Crippen LogP contribution in [0.1, 0.15) is 31.2 Å². The number of hydrogen-bond donors (Lipinski definition) is 1. The zero-order chi connectivity index (χ0) is 18.9. The van der Waals surface area contributed by atoms with Crippen molar-refractivity contribution in [1.82, 2.24) is 24.8 Å². The number of piperidine rings is 1. The largest absolute Gasteiger partial charge is 0.417 e. The van der Waals surface area contributed by atoms with E-state index in [2.05, 4.69) is 32.3 Å². The quantitative estimate of drug-likeness (QED) is 0.634. The number of likely N-dealkylation sites (tertiary alicyclic amines) is 1. The van der Waals surface area contributed by atoms with Gasteiger partial charge in [-0.3, -0.25) is 9.39 Å². The highest BCUT2D eigenvalue weighted by atomic mass is 35.5. The SMILES string of the molecule is CN=C(NCc1nnc2c(Cl)cc(C(F)(F)F)cn12)N1CCCC(C)C1. The van der Waals surface area contributed by atoms with Gasteiger partial charge < -0.3 is 10.2 Å². The van der Waals surface area contributed by atoms with E-state index in [-0.39, 0.29) is 17.2 Å². The van der Waals surface area contributed by atoms with E-state index < -0.39 is 11.7 Å². The van der Waals surface area contributed by atoms with Gasteiger partial charge in [0.25, 0.3) is 0 Å². The molecule has 0 radical (unpaired) electrons. The molecule has 1 saturated heterocycles. The molecule has 10 heteroatoms. The highest BCUT2D eigenvalue weighted by molar-refractivity contribution is 6.33. The number of aromatic nitrogens is 3. The van der Waals surface area contributed by atoms with Gasteiger partial charge in [-0.05, 0) is 24.8 Å². The average Bonchev–Trinajstić information content (AvgIpc) is 2.98. The second kappa shape index (κ2) is 7.30. The Bertz CT molecular complexity index is 816. The second-order valence-electron chi connectivity index (χ2n) is 6.48. The van der Waals surface area contributed by atoms with Gasteiger partial charge >= 0.3 is 6.18 Å². The van der Waals surface area contributed by atoms with Crippen LogP contribution in [0, 0.1) is 5.92 Å². The van der Waals surface area contributed by atoms with Crippen LogP contribution in [-0.2, 0) is 12.7 Å². The lowest BCUT2D eigenvalue weighted by atomic mass is 10.0. The monoisotopic (exact) mass is 388 g/mol. The Hall–Kier alpha value is -2.03. The van der Waals surface area contributed by atoms with Crippen molar-refractivity contribution in [3.05, 3.63) is 28.7 Å². The van der Waals surface area contributed by atoms with Crippen molar-refractivity contribution in [2.75, 3.05) is 20.1 Å². The topological polar surface area (TPSA) is 57.8 Å². The standard InChI is InChI=1S/C16H20ClF3N6/c1-10-4-3-5-25(8-10)15(21-2)22-7-13-23-24-14-12(17)6-11(9-26(13)14)16(18,19)20/h6,9-10H,3-5,7-8H2,1-2H3,(H,21,22). The van der Waals surface area contributed by atoms with E-state index in [0.717, 1.165) is 31.8 Å². The zero-order valence-corrected chi connectivity index (χ0v) is 15.3. The van der Waals surface area contributed by atoms with Gasteiger partial charge in [-0.25, -0.2) is 0 Å². The molecular weight excluding hydrogens is 369 g/mol. The molecule has 0 saturated carbocycles. The van der Waals surface area contributed by atoms with Gasteiger partial charge in [0.2, 0.25) is 0 Å². The number of halogens is 4. The van der Waals surface area contributed by atoms with Crippen molar-refractivity contribution in [2.45, 2.75) is 32.5 Å². The number of aliphatic imine (C=N–C) groups is 1. The molecule has 0 aliphatic carbocycles. The third-order valence-electron chi connectivity index (χ3n) is 4.43. The molecule has 0 bridgehead atoms. The first kappa shape index (κ1) is 18.8. The Kier molecular flexibility index (Phi) is 5.27. The fourth-order valence-electron chi connectivity index (χ4n) is 3.15. The molecule has 26 heavy (non-hydrogen) atoms. The van der Waals surface area contributed by atoms with Crippen LogP contribution in [0.15, 0.2) is 17.3 Å². The average molecular weight is 389 g/mol. The molecule has 3 rings (SSSR count). The number of pyridine rings is 1. The molecule has 2 aromatic heterocycles. The van der Waals surface area contributed by atoms with E-state index in [4.69, 9.17) is 11.6 Å². The van der Waals surface area contributed by atoms with Crippen molar-refractivity contribution in [3.8, 4) is 0 Å². The molecule has 0 spiro atoms. The maximum absolute atomic E-state index is 13.0. The summed E-state index contributed by atoms with van der Waals surface area (Å²) in [6.07, 6.45) is -1.27. The second-order valence-corrected chi connectivity index (χ2v) is 6.89. The Morgan fingerprint density at radius 1 is 1.42 bits per heavy atom. The lowest BCUT2D eigenvalue weighted by Crippen LogP contribution is -2.46. The van der Waals surface area contributed by atoms with E-state index in [1.807, 2.05) is 0 Å². The lowest BCUT2D eigenvalue weighted by Gasteiger charge is -2.33. The normalized spacial score (nSPS) is 19.2. The highest BCUT2D eigenvalue weighted by Crippen LogP contribution is 2.32. The summed E-state index contributed by atoms with van der Waals surface area (Å²) >= 11 is 5.93. The molecule has 1 fully saturated rings. The van der Waals surface area contributed by atoms with E-state index >= 15 is 0 Å². The first-order valence-corrected chi connectivity index (χ1v) is 8.73. The van der Waals surface area contributed by atoms with Crippen LogP contribution in [0.4, 0.5) is 13.2 Å². The highest BCUT2D eigenvalue weighted by Gasteiger charge is 2.32. The summed E-state index contributed by atoms with van der Waals surface area (Å²) in [6, 6.07) is 0.858. The molecule has 0 aromatic carbocycles. The summed E-state index contributed by atoms with van der Waals surface area (Å²) in [6.45, 7) is 4.17. The third kappa shape index (κ3) is 3.87. The number of alkyl halides is 3. The van der Waals surface area contributed by atoms with Gasteiger partial charge in [-0.2, -0.15) is 13.2 Å². The molecule has 1 N–H and O–H groups in total. The summed E-state index contributed by atoms with van der Waals surface area (Å²) in [5.41, 5.74) is -0.650. The maximum atomic E-state index is 13.0. The Morgan fingerprint density at radius 2 is 2.19 bits per heavy atom. The fraction of sp³-hybridized carbons (Fsp3) is 0.562. The fourth-order valence-corrected chi connectivity index (χ4v) is 3.39. The van der Waals surface area contributed by atoms with Crippen molar-refractivity contribution in [1.29, 1.82) is 0 Å². The summed E-state index contributed by atoms with van der Waals surface area (Å²) in [5, 5.41) is 10.9. The smallest absolute Gasteiger partial charge is 0.349 e. The Morgan fingerprint density at radius 3 is 2.85 bits per heavy atom. The zero-order valence-electron chi connectivity index (χ0n) is 14.5. The van der Waals surface area contributed by atoms with Gasteiger partial charge in [-0.15, -0.1) is 10.2 Å². The van der Waals surface area contributed by atoms with Gasteiger partial charge in [0.15, 0.2) is 17.4 Å². The van der Waals surface area contributed by atoms with Crippen LogP contribution < -0.4 is 5.32 Å². The van der Waals surface area contributed by atoms with Crippen LogP contribution in [0.5, 0.6) is 0 Å². The van der Waals surface area contributed by atoms with Gasteiger partial charge in [-0.1, -0.05) is 18.5 Å². The number of rotatable bonds is 2. The van der Waals surface area contributed by atoms with Gasteiger partial charge in [0, 0.05) is 26.3 Å². The van der Waals surface area contributed by atoms with E-state index in [1.54, 1.807) is 7.05 Å². The Labute approximate surface area is 154 Å².